The van der Waals surface area contributed by atoms with Crippen LogP contribution < -0.4 is 0 Å². The topological polar surface area (TPSA) is 20.3 Å². The van der Waals surface area contributed by atoms with E-state index in [1.54, 1.807) is 23.5 Å². The second kappa shape index (κ2) is 5.66. The molecule has 0 N–H and O–H groups in total. The average molecular weight is 354 g/mol. The molecular weight excluding hydrogens is 341 g/mol. The third-order valence-electron chi connectivity index (χ3n) is 3.32. The van der Waals surface area contributed by atoms with E-state index in [-0.39, 0.29) is 5.91 Å². The van der Waals surface area contributed by atoms with Crippen LogP contribution >= 0.6 is 27.3 Å². The molecule has 1 amide bonds. The predicted octanol–water partition coefficient (Wildman–Crippen LogP) is 4.45. The summed E-state index contributed by atoms with van der Waals surface area (Å²) in [5.41, 5.74) is 0.411. The molecule has 5 heteroatoms. The first-order valence-corrected chi connectivity index (χ1v) is 8.11. The zero-order chi connectivity index (χ0) is 14.1. The van der Waals surface area contributed by atoms with E-state index in [1.807, 2.05) is 22.4 Å². The molecule has 1 aromatic carbocycles. The molecule has 3 rings (SSSR count). The Morgan fingerprint density at radius 2 is 2.20 bits per heavy atom. The number of rotatable bonds is 4. The van der Waals surface area contributed by atoms with Crippen LogP contribution in [0.4, 0.5) is 4.39 Å². The second-order valence-electron chi connectivity index (χ2n) is 4.87. The van der Waals surface area contributed by atoms with Crippen molar-refractivity contribution in [1.29, 1.82) is 0 Å². The molecule has 1 saturated carbocycles. The SMILES string of the molecule is O=C(c1ccc(Br)c(F)c1)N(Cc1cccs1)C1CC1. The number of hydrogen-bond donors (Lipinski definition) is 0. The summed E-state index contributed by atoms with van der Waals surface area (Å²) in [5.74, 6) is -0.491. The van der Waals surface area contributed by atoms with Crippen molar-refractivity contribution >= 4 is 33.2 Å². The monoisotopic (exact) mass is 353 g/mol. The number of carbonyl (C=O) groups excluding carboxylic acids is 1. The number of amides is 1. The molecule has 1 fully saturated rings. The first kappa shape index (κ1) is 13.8. The minimum atomic E-state index is -0.400. The summed E-state index contributed by atoms with van der Waals surface area (Å²) in [4.78, 5) is 15.6. The quantitative estimate of drug-likeness (QED) is 0.794. The second-order valence-corrected chi connectivity index (χ2v) is 6.76. The molecule has 1 aliphatic carbocycles. The van der Waals surface area contributed by atoms with Gasteiger partial charge in [0.1, 0.15) is 5.82 Å². The molecule has 2 aromatic rings. The highest BCUT2D eigenvalue weighted by molar-refractivity contribution is 9.10. The molecule has 0 spiro atoms. The number of thiophene rings is 1. The van der Waals surface area contributed by atoms with Crippen molar-refractivity contribution in [2.75, 3.05) is 0 Å². The van der Waals surface area contributed by atoms with Gasteiger partial charge in [-0.05, 0) is 58.4 Å². The van der Waals surface area contributed by atoms with Gasteiger partial charge in [0, 0.05) is 16.5 Å². The van der Waals surface area contributed by atoms with Gasteiger partial charge in [-0.3, -0.25) is 4.79 Å². The van der Waals surface area contributed by atoms with E-state index in [0.29, 0.717) is 22.6 Å². The van der Waals surface area contributed by atoms with Crippen molar-refractivity contribution in [3.63, 3.8) is 0 Å². The van der Waals surface area contributed by atoms with Gasteiger partial charge >= 0.3 is 0 Å². The van der Waals surface area contributed by atoms with Crippen LogP contribution in [-0.2, 0) is 6.54 Å². The number of hydrogen-bond acceptors (Lipinski definition) is 2. The van der Waals surface area contributed by atoms with Crippen LogP contribution in [-0.4, -0.2) is 16.8 Å². The first-order chi connectivity index (χ1) is 9.65. The standard InChI is InChI=1S/C15H13BrFNOS/c16-13-6-3-10(8-14(13)17)15(19)18(11-4-5-11)9-12-2-1-7-20-12/h1-3,6-8,11H,4-5,9H2. The largest absolute Gasteiger partial charge is 0.331 e. The van der Waals surface area contributed by atoms with Gasteiger partial charge in [0.25, 0.3) is 5.91 Å². The summed E-state index contributed by atoms with van der Waals surface area (Å²) in [6.07, 6.45) is 2.08. The van der Waals surface area contributed by atoms with E-state index in [0.717, 1.165) is 17.7 Å². The van der Waals surface area contributed by atoms with Crippen molar-refractivity contribution in [2.45, 2.75) is 25.4 Å². The highest BCUT2D eigenvalue weighted by atomic mass is 79.9. The van der Waals surface area contributed by atoms with Gasteiger partial charge in [0.15, 0.2) is 0 Å². The van der Waals surface area contributed by atoms with Crippen LogP contribution in [0.1, 0.15) is 28.1 Å². The minimum absolute atomic E-state index is 0.0905. The maximum Gasteiger partial charge on any atom is 0.254 e. The zero-order valence-corrected chi connectivity index (χ0v) is 13.1. The zero-order valence-electron chi connectivity index (χ0n) is 10.7. The van der Waals surface area contributed by atoms with Gasteiger partial charge in [0.2, 0.25) is 0 Å². The summed E-state index contributed by atoms with van der Waals surface area (Å²) in [6.45, 7) is 0.610. The van der Waals surface area contributed by atoms with Gasteiger partial charge in [-0.2, -0.15) is 0 Å². The Morgan fingerprint density at radius 1 is 1.40 bits per heavy atom. The average Bonchev–Trinajstić information content (AvgIpc) is 3.15. The molecule has 104 valence electrons. The molecule has 1 aliphatic rings. The summed E-state index contributed by atoms with van der Waals surface area (Å²) in [7, 11) is 0. The molecule has 1 heterocycles. The molecule has 0 saturated heterocycles. The molecule has 20 heavy (non-hydrogen) atoms. The molecule has 0 radical (unpaired) electrons. The minimum Gasteiger partial charge on any atom is -0.331 e. The number of benzene rings is 1. The van der Waals surface area contributed by atoms with E-state index in [4.69, 9.17) is 0 Å². The van der Waals surface area contributed by atoms with Gasteiger partial charge < -0.3 is 4.90 Å². The molecule has 0 unspecified atom stereocenters. The van der Waals surface area contributed by atoms with Crippen LogP contribution in [0, 0.1) is 5.82 Å². The molecule has 0 atom stereocenters. The normalized spacial score (nSPS) is 14.3. The highest BCUT2D eigenvalue weighted by Crippen LogP contribution is 2.31. The fraction of sp³-hybridized carbons (Fsp3) is 0.267. The Morgan fingerprint density at radius 3 is 2.80 bits per heavy atom. The summed E-state index contributed by atoms with van der Waals surface area (Å²) in [6, 6.07) is 8.86. The third kappa shape index (κ3) is 2.94. The van der Waals surface area contributed by atoms with Crippen molar-refractivity contribution in [2.24, 2.45) is 0 Å². The summed E-state index contributed by atoms with van der Waals surface area (Å²) in [5, 5.41) is 2.00. The maximum absolute atomic E-state index is 13.6. The Bertz CT molecular complexity index is 625. The van der Waals surface area contributed by atoms with E-state index >= 15 is 0 Å². The van der Waals surface area contributed by atoms with Crippen LogP contribution in [0.2, 0.25) is 0 Å². The molecule has 1 aromatic heterocycles. The predicted molar refractivity (Wildman–Crippen MR) is 81.3 cm³/mol. The van der Waals surface area contributed by atoms with Gasteiger partial charge in [-0.25, -0.2) is 4.39 Å². The molecule has 0 bridgehead atoms. The fourth-order valence-corrected chi connectivity index (χ4v) is 3.07. The van der Waals surface area contributed by atoms with Gasteiger partial charge in [0.05, 0.1) is 11.0 Å². The Balaban J connectivity index is 1.83. The lowest BCUT2D eigenvalue weighted by Crippen LogP contribution is -2.32. The Hall–Kier alpha value is -1.20. The Kier molecular flexibility index (Phi) is 3.89. The van der Waals surface area contributed by atoms with E-state index < -0.39 is 5.82 Å². The maximum atomic E-state index is 13.6. The van der Waals surface area contributed by atoms with E-state index in [1.165, 1.54) is 6.07 Å². The fourth-order valence-electron chi connectivity index (χ4n) is 2.12. The molecule has 2 nitrogen and oxygen atoms in total. The van der Waals surface area contributed by atoms with Crippen molar-refractivity contribution < 1.29 is 9.18 Å². The Labute approximate surface area is 129 Å². The number of carbonyl (C=O) groups is 1. The van der Waals surface area contributed by atoms with Crippen LogP contribution in [0.15, 0.2) is 40.2 Å². The number of nitrogens with zero attached hydrogens (tertiary/aromatic N) is 1. The van der Waals surface area contributed by atoms with E-state index in [9.17, 15) is 9.18 Å². The highest BCUT2D eigenvalue weighted by Gasteiger charge is 2.33. The lowest BCUT2D eigenvalue weighted by molar-refractivity contribution is 0.0731. The lowest BCUT2D eigenvalue weighted by Gasteiger charge is -2.22. The number of halogens is 2. The summed E-state index contributed by atoms with van der Waals surface area (Å²) < 4.78 is 14.0. The summed E-state index contributed by atoms with van der Waals surface area (Å²) >= 11 is 4.75. The van der Waals surface area contributed by atoms with Crippen LogP contribution in [0.25, 0.3) is 0 Å². The van der Waals surface area contributed by atoms with Crippen LogP contribution in [0.5, 0.6) is 0 Å². The smallest absolute Gasteiger partial charge is 0.254 e. The van der Waals surface area contributed by atoms with Crippen LogP contribution in [0.3, 0.4) is 0 Å². The lowest BCUT2D eigenvalue weighted by atomic mass is 10.2. The van der Waals surface area contributed by atoms with Crippen molar-refractivity contribution in [3.05, 3.63) is 56.4 Å². The van der Waals surface area contributed by atoms with E-state index in [2.05, 4.69) is 15.9 Å². The van der Waals surface area contributed by atoms with Crippen molar-refractivity contribution in [1.82, 2.24) is 4.90 Å². The first-order valence-electron chi connectivity index (χ1n) is 6.43. The molecule has 0 aliphatic heterocycles. The van der Waals surface area contributed by atoms with Crippen molar-refractivity contribution in [3.8, 4) is 0 Å². The van der Waals surface area contributed by atoms with Gasteiger partial charge in [-0.15, -0.1) is 11.3 Å². The molecular formula is C15H13BrFNOS. The van der Waals surface area contributed by atoms with Gasteiger partial charge in [-0.1, -0.05) is 6.07 Å². The third-order valence-corrected chi connectivity index (χ3v) is 4.83.